The molecule has 0 unspecified atom stereocenters. The highest BCUT2D eigenvalue weighted by Gasteiger charge is 2.60. The third-order valence-electron chi connectivity index (χ3n) is 10.0. The molecule has 0 aromatic heterocycles. The first-order valence-electron chi connectivity index (χ1n) is 12.6. The van der Waals surface area contributed by atoms with Crippen molar-refractivity contribution in [1.29, 1.82) is 0 Å². The maximum Gasteiger partial charge on any atom is 0.337 e. The Bertz CT molecular complexity index is 1030. The third kappa shape index (κ3) is 3.40. The Hall–Kier alpha value is -2.63. The largest absolute Gasteiger partial charge is 0.465 e. The molecule has 1 aliphatic heterocycles. The zero-order valence-electron chi connectivity index (χ0n) is 20.7. The number of methoxy groups -OCH3 is 1. The predicted molar refractivity (Wildman–Crippen MR) is 129 cm³/mol. The van der Waals surface area contributed by atoms with Crippen LogP contribution in [0.3, 0.4) is 0 Å². The molecule has 1 aromatic carbocycles. The van der Waals surface area contributed by atoms with Crippen molar-refractivity contribution < 1.29 is 19.1 Å². The summed E-state index contributed by atoms with van der Waals surface area (Å²) in [7, 11) is 3.31. The van der Waals surface area contributed by atoms with Gasteiger partial charge in [0.2, 0.25) is 5.91 Å². The Morgan fingerprint density at radius 2 is 1.71 bits per heavy atom. The van der Waals surface area contributed by atoms with Crippen LogP contribution in [0.15, 0.2) is 36.4 Å². The van der Waals surface area contributed by atoms with E-state index in [1.807, 2.05) is 11.9 Å². The number of fused-ring (bicyclic) bond motifs is 5. The van der Waals surface area contributed by atoms with Gasteiger partial charge in [-0.25, -0.2) is 4.79 Å². The molecule has 2 amide bonds. The van der Waals surface area contributed by atoms with Crippen LogP contribution in [-0.4, -0.2) is 48.9 Å². The van der Waals surface area contributed by atoms with Gasteiger partial charge in [0.25, 0.3) is 5.91 Å². The van der Waals surface area contributed by atoms with Gasteiger partial charge in [-0.15, -0.1) is 0 Å². The standard InChI is InChI=1S/C28H36N2O4/c1-27-15-13-21-19(9-12-23-28(21,2)16-14-24(31)30(23)3)20(27)10-11-22(27)29-25(32)17-5-7-18(8-6-17)26(33)34-4/h5-8,14,16,19-23H,9-13,15H2,1-4H3,(H,29,32)/t19-,20-,21-,22-,23+,27-,28+/m0/s1. The van der Waals surface area contributed by atoms with Gasteiger partial charge in [0.1, 0.15) is 0 Å². The number of nitrogens with one attached hydrogen (secondary N) is 1. The highest BCUT2D eigenvalue weighted by molar-refractivity contribution is 5.96. The lowest BCUT2D eigenvalue weighted by Crippen LogP contribution is -2.60. The molecule has 1 aromatic rings. The van der Waals surface area contributed by atoms with E-state index < -0.39 is 5.97 Å². The number of hydrogen-bond acceptors (Lipinski definition) is 4. The topological polar surface area (TPSA) is 75.7 Å². The smallest absolute Gasteiger partial charge is 0.337 e. The molecule has 0 saturated heterocycles. The second-order valence-electron chi connectivity index (χ2n) is 11.3. The van der Waals surface area contributed by atoms with Crippen LogP contribution in [0.2, 0.25) is 0 Å². The van der Waals surface area contributed by atoms with Crippen molar-refractivity contribution in [2.45, 2.75) is 64.5 Å². The summed E-state index contributed by atoms with van der Waals surface area (Å²) in [6.07, 6.45) is 10.6. The maximum atomic E-state index is 13.1. The molecule has 0 radical (unpaired) electrons. The van der Waals surface area contributed by atoms with Gasteiger partial charge in [-0.1, -0.05) is 19.9 Å². The van der Waals surface area contributed by atoms with Gasteiger partial charge in [-0.05, 0) is 92.0 Å². The summed E-state index contributed by atoms with van der Waals surface area (Å²) in [6, 6.07) is 7.13. The number of ether oxygens (including phenoxy) is 1. The molecule has 0 spiro atoms. The zero-order chi connectivity index (χ0) is 24.3. The summed E-state index contributed by atoms with van der Waals surface area (Å²) in [4.78, 5) is 39.0. The van der Waals surface area contributed by atoms with Crippen LogP contribution in [0.1, 0.15) is 73.1 Å². The second kappa shape index (κ2) is 8.24. The first-order valence-corrected chi connectivity index (χ1v) is 12.6. The number of esters is 1. The van der Waals surface area contributed by atoms with Crippen LogP contribution in [0.25, 0.3) is 0 Å². The highest BCUT2D eigenvalue weighted by Crippen LogP contribution is 2.63. The quantitative estimate of drug-likeness (QED) is 0.680. The number of likely N-dealkylation sites (N-methyl/N-ethyl adjacent to an activating group) is 1. The third-order valence-corrected chi connectivity index (χ3v) is 10.0. The van der Waals surface area contributed by atoms with E-state index in [1.54, 1.807) is 30.3 Å². The summed E-state index contributed by atoms with van der Waals surface area (Å²) in [5.41, 5.74) is 1.14. The molecule has 34 heavy (non-hydrogen) atoms. The first-order chi connectivity index (χ1) is 16.2. The summed E-state index contributed by atoms with van der Waals surface area (Å²) in [5, 5.41) is 3.35. The molecule has 3 aliphatic carbocycles. The fourth-order valence-electron chi connectivity index (χ4n) is 8.09. The molecule has 4 aliphatic rings. The summed E-state index contributed by atoms with van der Waals surface area (Å²) in [6.45, 7) is 4.75. The van der Waals surface area contributed by atoms with E-state index in [9.17, 15) is 14.4 Å². The molecule has 0 bridgehead atoms. The SMILES string of the molecule is COC(=O)c1ccc(C(=O)N[C@H]2CC[C@H]3[C@@H]4CC[C@H]5N(C)C(=O)C=C[C@]5(C)[C@H]4CC[C@]23C)cc1. The van der Waals surface area contributed by atoms with Gasteiger partial charge >= 0.3 is 5.97 Å². The van der Waals surface area contributed by atoms with E-state index in [2.05, 4.69) is 25.2 Å². The number of carbonyl (C=O) groups excluding carboxylic acids is 3. The van der Waals surface area contributed by atoms with Crippen LogP contribution in [-0.2, 0) is 9.53 Å². The zero-order valence-corrected chi connectivity index (χ0v) is 20.7. The Labute approximate surface area is 202 Å². The normalized spacial score (nSPS) is 38.5. The fraction of sp³-hybridized carbons (Fsp3) is 0.607. The van der Waals surface area contributed by atoms with Crippen LogP contribution in [0, 0.1) is 28.6 Å². The van der Waals surface area contributed by atoms with Crippen molar-refractivity contribution in [2.24, 2.45) is 28.6 Å². The monoisotopic (exact) mass is 464 g/mol. The van der Waals surface area contributed by atoms with Crippen molar-refractivity contribution >= 4 is 17.8 Å². The lowest BCUT2D eigenvalue weighted by molar-refractivity contribution is -0.138. The number of rotatable bonds is 3. The van der Waals surface area contributed by atoms with Crippen LogP contribution in [0.5, 0.6) is 0 Å². The Morgan fingerprint density at radius 3 is 2.41 bits per heavy atom. The predicted octanol–water partition coefficient (Wildman–Crippen LogP) is 4.21. The first kappa shape index (κ1) is 23.1. The molecule has 3 saturated carbocycles. The maximum absolute atomic E-state index is 13.1. The van der Waals surface area contributed by atoms with Crippen molar-refractivity contribution in [3.63, 3.8) is 0 Å². The van der Waals surface area contributed by atoms with Crippen molar-refractivity contribution in [3.8, 4) is 0 Å². The molecule has 182 valence electrons. The number of hydrogen-bond donors (Lipinski definition) is 1. The molecular formula is C28H36N2O4. The molecule has 7 atom stereocenters. The lowest BCUT2D eigenvalue weighted by Gasteiger charge is -2.60. The van der Waals surface area contributed by atoms with Crippen LogP contribution >= 0.6 is 0 Å². The molecule has 3 fully saturated rings. The van der Waals surface area contributed by atoms with Crippen LogP contribution in [0.4, 0.5) is 0 Å². The van der Waals surface area contributed by atoms with Crippen molar-refractivity contribution in [2.75, 3.05) is 14.2 Å². The minimum Gasteiger partial charge on any atom is -0.465 e. The van der Waals surface area contributed by atoms with Crippen LogP contribution < -0.4 is 5.32 Å². The van der Waals surface area contributed by atoms with Gasteiger partial charge in [0.05, 0.1) is 12.7 Å². The van der Waals surface area contributed by atoms with Gasteiger partial charge in [-0.2, -0.15) is 0 Å². The van der Waals surface area contributed by atoms with E-state index >= 15 is 0 Å². The summed E-state index contributed by atoms with van der Waals surface area (Å²) >= 11 is 0. The van der Waals surface area contributed by atoms with Gasteiger partial charge in [-0.3, -0.25) is 9.59 Å². The number of carbonyl (C=O) groups is 3. The molecule has 5 rings (SSSR count). The highest BCUT2D eigenvalue weighted by atomic mass is 16.5. The van der Waals surface area contributed by atoms with Gasteiger partial charge in [0, 0.05) is 30.1 Å². The minimum absolute atomic E-state index is 0.0373. The van der Waals surface area contributed by atoms with Gasteiger partial charge in [0.15, 0.2) is 0 Å². The molecular weight excluding hydrogens is 428 g/mol. The van der Waals surface area contributed by atoms with E-state index in [4.69, 9.17) is 4.74 Å². The van der Waals surface area contributed by atoms with E-state index in [1.165, 1.54) is 7.11 Å². The minimum atomic E-state index is -0.401. The second-order valence-corrected chi connectivity index (χ2v) is 11.3. The molecule has 1 N–H and O–H groups in total. The van der Waals surface area contributed by atoms with E-state index in [0.29, 0.717) is 34.9 Å². The molecule has 1 heterocycles. The lowest BCUT2D eigenvalue weighted by atomic mass is 9.48. The summed E-state index contributed by atoms with van der Waals surface area (Å²) in [5.74, 6) is 1.46. The molecule has 6 heteroatoms. The molecule has 6 nitrogen and oxygen atoms in total. The average molecular weight is 465 g/mol. The number of benzene rings is 1. The van der Waals surface area contributed by atoms with E-state index in [-0.39, 0.29) is 28.7 Å². The Kier molecular flexibility index (Phi) is 5.61. The Morgan fingerprint density at radius 1 is 1.00 bits per heavy atom. The average Bonchev–Trinajstić information content (AvgIpc) is 3.17. The fourth-order valence-corrected chi connectivity index (χ4v) is 8.09. The number of nitrogens with zero attached hydrogens (tertiary/aromatic N) is 1. The Balaban J connectivity index is 1.32. The van der Waals surface area contributed by atoms with Crippen molar-refractivity contribution in [1.82, 2.24) is 10.2 Å². The van der Waals surface area contributed by atoms with E-state index in [0.717, 1.165) is 38.5 Å². The van der Waals surface area contributed by atoms with Crippen molar-refractivity contribution in [3.05, 3.63) is 47.5 Å². The summed E-state index contributed by atoms with van der Waals surface area (Å²) < 4.78 is 4.75. The number of amides is 2. The van der Waals surface area contributed by atoms with Gasteiger partial charge < -0.3 is 15.0 Å².